The topological polar surface area (TPSA) is 95.7 Å². The Bertz CT molecular complexity index is 918. The molecule has 1 aliphatic rings. The van der Waals surface area contributed by atoms with Crippen LogP contribution in [0.25, 0.3) is 6.08 Å². The Labute approximate surface area is 155 Å². The highest BCUT2D eigenvalue weighted by atomic mass is 16.6. The van der Waals surface area contributed by atoms with Crippen molar-refractivity contribution in [3.05, 3.63) is 75.8 Å². The highest BCUT2D eigenvalue weighted by Gasteiger charge is 2.54. The quantitative estimate of drug-likeness (QED) is 0.335. The summed E-state index contributed by atoms with van der Waals surface area (Å²) in [4.78, 5) is 35.6. The molecule has 2 aromatic rings. The van der Waals surface area contributed by atoms with E-state index in [0.29, 0.717) is 16.9 Å². The molecule has 0 bridgehead atoms. The average Bonchev–Trinajstić information content (AvgIpc) is 2.96. The molecule has 0 saturated heterocycles. The molecule has 0 aliphatic carbocycles. The zero-order valence-corrected chi connectivity index (χ0v) is 14.6. The largest absolute Gasteiger partial charge is 0.466 e. The predicted octanol–water partition coefficient (Wildman–Crippen LogP) is 3.58. The second kappa shape index (κ2) is 7.41. The number of para-hydroxylation sites is 1. The first-order valence-electron chi connectivity index (χ1n) is 8.39. The number of nitro benzene ring substituents is 1. The fraction of sp³-hybridized carbons (Fsp3) is 0.200. The van der Waals surface area contributed by atoms with Gasteiger partial charge in [0.15, 0.2) is 0 Å². The van der Waals surface area contributed by atoms with Crippen molar-refractivity contribution >= 4 is 23.5 Å². The zero-order valence-electron chi connectivity index (χ0n) is 14.6. The average molecular weight is 367 g/mol. The molecule has 138 valence electrons. The monoisotopic (exact) mass is 367 g/mol. The Morgan fingerprint density at radius 2 is 1.93 bits per heavy atom. The maximum absolute atomic E-state index is 12.9. The highest BCUT2D eigenvalue weighted by molar-refractivity contribution is 6.19. The van der Waals surface area contributed by atoms with Gasteiger partial charge < -0.3 is 9.47 Å². The molecule has 1 heterocycles. The predicted molar refractivity (Wildman–Crippen MR) is 97.5 cm³/mol. The molecule has 27 heavy (non-hydrogen) atoms. The van der Waals surface area contributed by atoms with Gasteiger partial charge in [-0.2, -0.15) is 0 Å². The second-order valence-electron chi connectivity index (χ2n) is 5.93. The van der Waals surface area contributed by atoms with Crippen LogP contribution in [0, 0.1) is 10.1 Å². The van der Waals surface area contributed by atoms with Gasteiger partial charge in [0.05, 0.1) is 17.1 Å². The number of hydrogen-bond donors (Lipinski definition) is 0. The molecular weight excluding hydrogens is 350 g/mol. The lowest BCUT2D eigenvalue weighted by atomic mass is 9.91. The number of hydrogen-bond acceptors (Lipinski definition) is 6. The lowest BCUT2D eigenvalue weighted by molar-refractivity contribution is -0.384. The van der Waals surface area contributed by atoms with Crippen molar-refractivity contribution < 1.29 is 24.0 Å². The summed E-state index contributed by atoms with van der Waals surface area (Å²) in [7, 11) is 0. The molecule has 0 radical (unpaired) electrons. The van der Waals surface area contributed by atoms with E-state index >= 15 is 0 Å². The number of esters is 1. The number of nitrogens with zero attached hydrogens (tertiary/aromatic N) is 1. The van der Waals surface area contributed by atoms with Crippen molar-refractivity contribution in [3.63, 3.8) is 0 Å². The number of ketones is 1. The lowest BCUT2D eigenvalue weighted by Crippen LogP contribution is -2.49. The summed E-state index contributed by atoms with van der Waals surface area (Å²) < 4.78 is 10.8. The smallest absolute Gasteiger partial charge is 0.359 e. The minimum Gasteiger partial charge on any atom is -0.466 e. The van der Waals surface area contributed by atoms with Crippen LogP contribution in [-0.2, 0) is 9.53 Å². The lowest BCUT2D eigenvalue weighted by Gasteiger charge is -2.23. The molecule has 0 saturated carbocycles. The summed E-state index contributed by atoms with van der Waals surface area (Å²) in [6, 6.07) is 12.6. The molecule has 0 amide bonds. The third kappa shape index (κ3) is 3.44. The van der Waals surface area contributed by atoms with Crippen LogP contribution in [-0.4, -0.2) is 28.9 Å². The molecule has 1 aliphatic heterocycles. The first-order valence-corrected chi connectivity index (χ1v) is 8.39. The Morgan fingerprint density at radius 3 is 2.56 bits per heavy atom. The molecule has 0 fully saturated rings. The van der Waals surface area contributed by atoms with Crippen molar-refractivity contribution in [2.45, 2.75) is 18.9 Å². The standard InChI is InChI=1S/C20H17NO6/c1-2-26-19(23)20(18(22)16-7-3-4-8-17(16)27-20)13-5-6-14-9-11-15(12-10-14)21(24)25/h3-12H,2,13H2,1H3/b6-5+. The first-order chi connectivity index (χ1) is 13.0. The molecule has 7 nitrogen and oxygen atoms in total. The Kier molecular flexibility index (Phi) is 5.03. The Hall–Kier alpha value is -3.48. The van der Waals surface area contributed by atoms with E-state index in [1.807, 2.05) is 0 Å². The number of ether oxygens (including phenoxy) is 2. The minimum absolute atomic E-state index is 0.0140. The number of benzene rings is 2. The summed E-state index contributed by atoms with van der Waals surface area (Å²) in [6.07, 6.45) is 3.28. The van der Waals surface area contributed by atoms with Crippen LogP contribution < -0.4 is 4.74 Å². The summed E-state index contributed by atoms with van der Waals surface area (Å²) in [6.45, 7) is 1.78. The third-order valence-electron chi connectivity index (χ3n) is 4.21. The van der Waals surface area contributed by atoms with Gasteiger partial charge >= 0.3 is 5.97 Å². The van der Waals surface area contributed by atoms with E-state index in [1.54, 1.807) is 55.5 Å². The molecular formula is C20H17NO6. The number of carbonyl (C=O) groups is 2. The maximum atomic E-state index is 12.9. The van der Waals surface area contributed by atoms with Crippen LogP contribution in [0.15, 0.2) is 54.6 Å². The molecule has 3 rings (SSSR count). The van der Waals surface area contributed by atoms with Crippen LogP contribution in [0.2, 0.25) is 0 Å². The van der Waals surface area contributed by atoms with Crippen LogP contribution in [0.4, 0.5) is 5.69 Å². The summed E-state index contributed by atoms with van der Waals surface area (Å²) in [5.74, 6) is -0.830. The Morgan fingerprint density at radius 1 is 1.22 bits per heavy atom. The van der Waals surface area contributed by atoms with E-state index in [1.165, 1.54) is 12.1 Å². The van der Waals surface area contributed by atoms with Gasteiger partial charge in [0.1, 0.15) is 5.75 Å². The molecule has 0 spiro atoms. The molecule has 1 atom stereocenters. The van der Waals surface area contributed by atoms with Crippen molar-refractivity contribution in [1.82, 2.24) is 0 Å². The number of non-ortho nitro benzene ring substituents is 1. The normalized spacial score (nSPS) is 18.2. The summed E-state index contributed by atoms with van der Waals surface area (Å²) >= 11 is 0. The zero-order chi connectivity index (χ0) is 19.4. The molecule has 2 aromatic carbocycles. The highest BCUT2D eigenvalue weighted by Crippen LogP contribution is 2.38. The molecule has 7 heteroatoms. The van der Waals surface area contributed by atoms with E-state index in [-0.39, 0.29) is 18.7 Å². The summed E-state index contributed by atoms with van der Waals surface area (Å²) in [5, 5.41) is 10.7. The van der Waals surface area contributed by atoms with Gasteiger partial charge in [0.2, 0.25) is 5.78 Å². The van der Waals surface area contributed by atoms with Crippen LogP contribution in [0.3, 0.4) is 0 Å². The SMILES string of the molecule is CCOC(=O)C1(C/C=C/c2ccc([N+](=O)[O-])cc2)Oc2ccccc2C1=O. The number of rotatable bonds is 6. The van der Waals surface area contributed by atoms with Gasteiger partial charge in [-0.05, 0) is 36.8 Å². The van der Waals surface area contributed by atoms with E-state index in [9.17, 15) is 19.7 Å². The minimum atomic E-state index is -1.75. The van der Waals surface area contributed by atoms with Gasteiger partial charge in [-0.25, -0.2) is 4.79 Å². The van der Waals surface area contributed by atoms with Crippen LogP contribution in [0.5, 0.6) is 5.75 Å². The van der Waals surface area contributed by atoms with E-state index in [2.05, 4.69) is 0 Å². The number of Topliss-reactive ketones (excluding diaryl/α,β-unsaturated/α-hetero) is 1. The van der Waals surface area contributed by atoms with Gasteiger partial charge in [-0.15, -0.1) is 0 Å². The van der Waals surface area contributed by atoms with Crippen molar-refractivity contribution in [2.24, 2.45) is 0 Å². The molecule has 1 unspecified atom stereocenters. The Balaban J connectivity index is 1.84. The first kappa shape index (κ1) is 18.3. The fourth-order valence-electron chi connectivity index (χ4n) is 2.86. The van der Waals surface area contributed by atoms with E-state index < -0.39 is 22.3 Å². The van der Waals surface area contributed by atoms with Crippen LogP contribution >= 0.6 is 0 Å². The molecule has 0 aromatic heterocycles. The second-order valence-corrected chi connectivity index (χ2v) is 5.93. The van der Waals surface area contributed by atoms with Crippen molar-refractivity contribution in [1.29, 1.82) is 0 Å². The fourth-order valence-corrected chi connectivity index (χ4v) is 2.86. The maximum Gasteiger partial charge on any atom is 0.359 e. The summed E-state index contributed by atoms with van der Waals surface area (Å²) in [5.41, 5.74) is -0.728. The van der Waals surface area contributed by atoms with E-state index in [0.717, 1.165) is 0 Å². The van der Waals surface area contributed by atoms with Gasteiger partial charge in [-0.1, -0.05) is 24.3 Å². The number of carbonyl (C=O) groups excluding carboxylic acids is 2. The van der Waals surface area contributed by atoms with Crippen molar-refractivity contribution in [3.8, 4) is 5.75 Å². The number of nitro groups is 1. The van der Waals surface area contributed by atoms with E-state index in [4.69, 9.17) is 9.47 Å². The third-order valence-corrected chi connectivity index (χ3v) is 4.21. The molecule has 0 N–H and O–H groups in total. The number of fused-ring (bicyclic) bond motifs is 1. The van der Waals surface area contributed by atoms with Gasteiger partial charge in [-0.3, -0.25) is 14.9 Å². The van der Waals surface area contributed by atoms with Crippen LogP contribution in [0.1, 0.15) is 29.3 Å². The van der Waals surface area contributed by atoms with Gasteiger partial charge in [0.25, 0.3) is 11.3 Å². The van der Waals surface area contributed by atoms with Crippen molar-refractivity contribution in [2.75, 3.05) is 6.61 Å². The van der Waals surface area contributed by atoms with Gasteiger partial charge in [0, 0.05) is 18.6 Å².